The summed E-state index contributed by atoms with van der Waals surface area (Å²) < 4.78 is 218. The number of ether oxygens (including phenoxy) is 2. The van der Waals surface area contributed by atoms with Crippen molar-refractivity contribution in [3.05, 3.63) is 0 Å². The summed E-state index contributed by atoms with van der Waals surface area (Å²) in [5.41, 5.74) is -7.46. The minimum absolute atomic E-state index is 0.936. The summed E-state index contributed by atoms with van der Waals surface area (Å²) in [5.74, 6) is -16.5. The summed E-state index contributed by atoms with van der Waals surface area (Å²) in [4.78, 5) is 0. The Bertz CT molecular complexity index is 538. The molecule has 0 amide bonds. The normalized spacial score (nSPS) is 16.5. The smallest absolute Gasteiger partial charge is 0.357 e. The number of rotatable bonds is 6. The predicted octanol–water partition coefficient (Wildman–Crippen LogP) is 5.53. The first-order valence-electron chi connectivity index (χ1n) is 5.73. The van der Waals surface area contributed by atoms with Crippen LogP contribution in [-0.4, -0.2) is 55.3 Å². The molecule has 0 aliphatic heterocycles. The van der Waals surface area contributed by atoms with Gasteiger partial charge in [-0.05, 0) is 0 Å². The van der Waals surface area contributed by atoms with E-state index in [4.69, 9.17) is 0 Å². The molecule has 0 aliphatic carbocycles. The van der Waals surface area contributed by atoms with Gasteiger partial charge in [0.1, 0.15) is 0 Å². The first kappa shape index (κ1) is 26.7. The fourth-order valence-corrected chi connectivity index (χ4v) is 1.56. The lowest BCUT2D eigenvalue weighted by Gasteiger charge is -2.45. The van der Waals surface area contributed by atoms with Gasteiger partial charge < -0.3 is 4.74 Å². The van der Waals surface area contributed by atoms with E-state index in [0.29, 0.717) is 0 Å². The predicted molar refractivity (Wildman–Crippen MR) is 48.8 cm³/mol. The van der Waals surface area contributed by atoms with E-state index in [-0.39, 0.29) is 0 Å². The Morgan fingerprint density at radius 1 is 0.429 bits per heavy atom. The second kappa shape index (κ2) is 6.63. The molecule has 19 heteroatoms. The summed E-state index contributed by atoms with van der Waals surface area (Å²) >= 11 is 0. The first-order chi connectivity index (χ1) is 11.8. The molecular weight excluding hydrogens is 463 g/mol. The van der Waals surface area contributed by atoms with E-state index in [9.17, 15) is 74.6 Å². The van der Waals surface area contributed by atoms with Crippen molar-refractivity contribution < 1.29 is 84.1 Å². The van der Waals surface area contributed by atoms with Crippen LogP contribution in [0.5, 0.6) is 0 Å². The highest BCUT2D eigenvalue weighted by atomic mass is 19.4. The lowest BCUT2D eigenvalue weighted by molar-refractivity contribution is -0.526. The highest BCUT2D eigenvalue weighted by molar-refractivity contribution is 5.13. The van der Waals surface area contributed by atoms with Crippen molar-refractivity contribution in [1.82, 2.24) is 0 Å². The van der Waals surface area contributed by atoms with Gasteiger partial charge in [-0.3, -0.25) is 0 Å². The van der Waals surface area contributed by atoms with Crippen molar-refractivity contribution in [1.29, 1.82) is 0 Å². The zero-order valence-electron chi connectivity index (χ0n) is 12.2. The number of methoxy groups -OCH3 is 1. The maximum atomic E-state index is 13.5. The lowest BCUT2D eigenvalue weighted by Crippen LogP contribution is -2.76. The summed E-state index contributed by atoms with van der Waals surface area (Å²) in [6.45, 7) is 0. The molecule has 0 bridgehead atoms. The van der Waals surface area contributed by atoms with Gasteiger partial charge in [0.25, 0.3) is 0 Å². The van der Waals surface area contributed by atoms with E-state index in [1.165, 1.54) is 4.74 Å². The molecule has 2 nitrogen and oxygen atoms in total. The molecule has 0 aromatic rings. The van der Waals surface area contributed by atoms with Gasteiger partial charge in [-0.2, -0.15) is 74.6 Å². The fraction of sp³-hybridized carbons (Fsp3) is 1.00. The molecule has 0 unspecified atom stereocenters. The molecule has 0 heterocycles. The molecule has 0 aliphatic rings. The molecule has 0 aromatic carbocycles. The van der Waals surface area contributed by atoms with Crippen molar-refractivity contribution in [2.75, 3.05) is 7.11 Å². The Hall–Kier alpha value is -1.27. The number of halogens is 17. The zero-order valence-corrected chi connectivity index (χ0v) is 12.2. The largest absolute Gasteiger partial charge is 0.483 e. The standard InChI is InChI=1S/C9H3F17O2/c1-27-2(5(14,15)16,6(17,18)19)3(10,11)4(12,13)8(23,24)28-9(25,26)7(20,21)22/h1H3. The molecule has 0 radical (unpaired) electrons. The van der Waals surface area contributed by atoms with Crippen molar-refractivity contribution in [3.8, 4) is 0 Å². The maximum Gasteiger partial charge on any atom is 0.483 e. The second-order valence-electron chi connectivity index (χ2n) is 4.66. The second-order valence-corrected chi connectivity index (χ2v) is 4.66. The minimum Gasteiger partial charge on any atom is -0.357 e. The van der Waals surface area contributed by atoms with E-state index >= 15 is 0 Å². The van der Waals surface area contributed by atoms with E-state index in [1.807, 2.05) is 0 Å². The van der Waals surface area contributed by atoms with Crippen LogP contribution < -0.4 is 0 Å². The van der Waals surface area contributed by atoms with Crippen LogP contribution in [0.15, 0.2) is 0 Å². The quantitative estimate of drug-likeness (QED) is 0.480. The molecule has 28 heavy (non-hydrogen) atoms. The number of alkyl halides is 17. The third kappa shape index (κ3) is 3.65. The SMILES string of the molecule is COC(C(F)(F)F)(C(F)(F)F)C(F)(F)C(F)(F)C(F)(F)OC(F)(F)C(F)(F)F. The molecule has 0 fully saturated rings. The maximum absolute atomic E-state index is 13.5. The molecule has 0 saturated heterocycles. The van der Waals surface area contributed by atoms with E-state index in [2.05, 4.69) is 4.74 Å². The van der Waals surface area contributed by atoms with E-state index in [0.717, 1.165) is 0 Å². The summed E-state index contributed by atoms with van der Waals surface area (Å²) in [6, 6.07) is 0. The van der Waals surface area contributed by atoms with Crippen LogP contribution in [0.3, 0.4) is 0 Å². The summed E-state index contributed by atoms with van der Waals surface area (Å²) in [5, 5.41) is 0. The fourth-order valence-electron chi connectivity index (χ4n) is 1.56. The van der Waals surface area contributed by atoms with Gasteiger partial charge in [-0.1, -0.05) is 0 Å². The number of hydrogen-bond acceptors (Lipinski definition) is 2. The Morgan fingerprint density at radius 2 is 0.750 bits per heavy atom. The monoisotopic (exact) mass is 466 g/mol. The van der Waals surface area contributed by atoms with Gasteiger partial charge in [0.15, 0.2) is 0 Å². The average molecular weight is 466 g/mol. The van der Waals surface area contributed by atoms with Crippen LogP contribution in [0.4, 0.5) is 74.6 Å². The van der Waals surface area contributed by atoms with Crippen LogP contribution in [-0.2, 0) is 9.47 Å². The van der Waals surface area contributed by atoms with Crippen molar-refractivity contribution in [3.63, 3.8) is 0 Å². The van der Waals surface area contributed by atoms with E-state index in [1.54, 1.807) is 0 Å². The molecule has 0 aromatic heterocycles. The molecule has 0 atom stereocenters. The Morgan fingerprint density at radius 3 is 0.964 bits per heavy atom. The zero-order chi connectivity index (χ0) is 23.4. The Balaban J connectivity index is 6.72. The highest BCUT2D eigenvalue weighted by Gasteiger charge is 2.94. The lowest BCUT2D eigenvalue weighted by atomic mass is 9.88. The highest BCUT2D eigenvalue weighted by Crippen LogP contribution is 2.62. The number of hydrogen-bond donors (Lipinski definition) is 0. The van der Waals surface area contributed by atoms with Crippen molar-refractivity contribution in [2.24, 2.45) is 0 Å². The Kier molecular flexibility index (Phi) is 6.33. The van der Waals surface area contributed by atoms with Gasteiger partial charge >= 0.3 is 48.2 Å². The average Bonchev–Trinajstić information content (AvgIpc) is 2.32. The van der Waals surface area contributed by atoms with Crippen molar-refractivity contribution >= 4 is 0 Å². The van der Waals surface area contributed by atoms with E-state index < -0.39 is 55.3 Å². The topological polar surface area (TPSA) is 18.5 Å². The molecule has 0 saturated carbocycles. The third-order valence-corrected chi connectivity index (χ3v) is 2.89. The molecule has 170 valence electrons. The van der Waals surface area contributed by atoms with Crippen LogP contribution in [0.2, 0.25) is 0 Å². The molecule has 0 N–H and O–H groups in total. The summed E-state index contributed by atoms with van der Waals surface area (Å²) in [7, 11) is -0.936. The van der Waals surface area contributed by atoms with Gasteiger partial charge in [0.2, 0.25) is 0 Å². The van der Waals surface area contributed by atoms with Gasteiger partial charge in [-0.25, -0.2) is 4.74 Å². The molecule has 0 rings (SSSR count). The van der Waals surface area contributed by atoms with Gasteiger partial charge in [0.05, 0.1) is 0 Å². The Labute approximate surface area is 141 Å². The van der Waals surface area contributed by atoms with Crippen LogP contribution in [0.1, 0.15) is 0 Å². The van der Waals surface area contributed by atoms with Crippen LogP contribution in [0, 0.1) is 0 Å². The first-order valence-corrected chi connectivity index (χ1v) is 5.73. The third-order valence-electron chi connectivity index (χ3n) is 2.89. The van der Waals surface area contributed by atoms with Crippen LogP contribution >= 0.6 is 0 Å². The van der Waals surface area contributed by atoms with Gasteiger partial charge in [-0.15, -0.1) is 0 Å². The molecule has 0 spiro atoms. The van der Waals surface area contributed by atoms with Gasteiger partial charge in [0, 0.05) is 7.11 Å². The van der Waals surface area contributed by atoms with Crippen LogP contribution in [0.25, 0.3) is 0 Å². The van der Waals surface area contributed by atoms with Crippen molar-refractivity contribution in [2.45, 2.75) is 48.2 Å². The minimum atomic E-state index is -8.27. The molecular formula is C9H3F17O2. The summed E-state index contributed by atoms with van der Waals surface area (Å²) in [6.07, 6.45) is -37.9.